The van der Waals surface area contributed by atoms with Crippen LogP contribution in [-0.4, -0.2) is 96.6 Å². The van der Waals surface area contributed by atoms with E-state index < -0.39 is 111 Å². The van der Waals surface area contributed by atoms with Gasteiger partial charge in [0.15, 0.2) is 13.2 Å². The Morgan fingerprint density at radius 2 is 1.22 bits per heavy atom. The SMILES string of the molecule is C=c1nc(N)c(=C(O)COC(=O)/C=C/C(=O)OCC(=O)c2c(N)[nH]c(=O)[nH]c2=O)c(=O)[nH]1.COC(=O)/C=C/C(=O)OCC(=O)c1c(N)n(C)c(=O)n(C)c1=O. The molecule has 55 heavy (non-hydrogen) atoms. The highest BCUT2D eigenvalue weighted by atomic mass is 16.5. The second-order valence-electron chi connectivity index (χ2n) is 10.2. The molecule has 0 fully saturated rings. The number of nitrogen functional groups attached to an aromatic ring is 3. The maximum Gasteiger partial charge on any atom is 0.332 e. The van der Waals surface area contributed by atoms with E-state index in [1.807, 2.05) is 4.98 Å². The average molecular weight is 774 g/mol. The van der Waals surface area contributed by atoms with Crippen LogP contribution in [-0.2, 0) is 52.2 Å². The molecule has 0 aliphatic rings. The van der Waals surface area contributed by atoms with E-state index >= 15 is 0 Å². The predicted molar refractivity (Wildman–Crippen MR) is 185 cm³/mol. The summed E-state index contributed by atoms with van der Waals surface area (Å²) in [6.07, 6.45) is 2.80. The zero-order valence-electron chi connectivity index (χ0n) is 28.8. The van der Waals surface area contributed by atoms with Crippen LogP contribution >= 0.6 is 0 Å². The lowest BCUT2D eigenvalue weighted by molar-refractivity contribution is -0.139. The number of esters is 4. The van der Waals surface area contributed by atoms with Gasteiger partial charge in [-0.1, -0.05) is 6.58 Å². The Labute approximate surface area is 303 Å². The first-order valence-corrected chi connectivity index (χ1v) is 14.6. The molecule has 0 aliphatic carbocycles. The topological polar surface area (TPSA) is 393 Å². The van der Waals surface area contributed by atoms with E-state index in [-0.39, 0.29) is 17.1 Å². The van der Waals surface area contributed by atoms with Crippen molar-refractivity contribution in [3.05, 3.63) is 98.2 Å². The van der Waals surface area contributed by atoms with E-state index in [9.17, 15) is 57.8 Å². The number of rotatable bonds is 12. The third-order valence-electron chi connectivity index (χ3n) is 6.48. The lowest BCUT2D eigenvalue weighted by Gasteiger charge is -2.10. The molecule has 0 saturated carbocycles. The monoisotopic (exact) mass is 773 g/mol. The van der Waals surface area contributed by atoms with Crippen LogP contribution in [0, 0.1) is 0 Å². The summed E-state index contributed by atoms with van der Waals surface area (Å²) in [5.41, 5.74) is 11.0. The average Bonchev–Trinajstić information content (AvgIpc) is 3.11. The number of anilines is 3. The Bertz CT molecular complexity index is 2540. The molecule has 0 amide bonds. The molecule has 3 aromatic heterocycles. The summed E-state index contributed by atoms with van der Waals surface area (Å²) in [4.78, 5) is 137. The summed E-state index contributed by atoms with van der Waals surface area (Å²) in [5, 5.41) is 9.47. The summed E-state index contributed by atoms with van der Waals surface area (Å²) < 4.78 is 19.7. The number of ketones is 2. The number of aromatic nitrogens is 6. The van der Waals surface area contributed by atoms with Crippen LogP contribution in [0.2, 0.25) is 0 Å². The fourth-order valence-corrected chi connectivity index (χ4v) is 3.83. The van der Waals surface area contributed by atoms with Crippen molar-refractivity contribution in [1.29, 1.82) is 0 Å². The van der Waals surface area contributed by atoms with Crippen LogP contribution in [0.4, 0.5) is 17.5 Å². The molecule has 25 heteroatoms. The molecule has 0 bridgehead atoms. The molecular weight excluding hydrogens is 742 g/mol. The Balaban J connectivity index is 0.000000402. The van der Waals surface area contributed by atoms with Crippen LogP contribution in [0.1, 0.15) is 20.7 Å². The van der Waals surface area contributed by atoms with Crippen molar-refractivity contribution in [1.82, 2.24) is 29.1 Å². The fourth-order valence-electron chi connectivity index (χ4n) is 3.83. The number of ether oxygens (including phenoxy) is 4. The number of methoxy groups -OCH3 is 1. The van der Waals surface area contributed by atoms with Crippen molar-refractivity contribution < 1.29 is 52.8 Å². The van der Waals surface area contributed by atoms with E-state index in [0.717, 1.165) is 23.8 Å². The lowest BCUT2D eigenvalue weighted by Crippen LogP contribution is -2.42. The van der Waals surface area contributed by atoms with Crippen molar-refractivity contribution in [3.63, 3.8) is 0 Å². The highest BCUT2D eigenvalue weighted by Gasteiger charge is 2.21. The first kappa shape index (κ1) is 43.0. The number of hydrogen-bond acceptors (Lipinski definition) is 20. The van der Waals surface area contributed by atoms with Crippen LogP contribution in [0.5, 0.6) is 0 Å². The molecule has 0 atom stereocenters. The molecule has 3 rings (SSSR count). The van der Waals surface area contributed by atoms with Gasteiger partial charge in [0, 0.05) is 38.4 Å². The highest BCUT2D eigenvalue weighted by molar-refractivity contribution is 6.02. The maximum atomic E-state index is 12.0. The van der Waals surface area contributed by atoms with Gasteiger partial charge >= 0.3 is 35.3 Å². The number of aromatic amines is 3. The second-order valence-corrected chi connectivity index (χ2v) is 10.2. The summed E-state index contributed by atoms with van der Waals surface area (Å²) >= 11 is 0. The maximum absolute atomic E-state index is 12.0. The Morgan fingerprint density at radius 1 is 0.727 bits per heavy atom. The fraction of sp³-hybridized carbons (Fsp3) is 0.200. The number of aliphatic hydroxyl groups excluding tert-OH is 1. The zero-order valence-corrected chi connectivity index (χ0v) is 28.8. The van der Waals surface area contributed by atoms with E-state index in [1.54, 1.807) is 4.98 Å². The van der Waals surface area contributed by atoms with Gasteiger partial charge in [0.2, 0.25) is 11.6 Å². The molecule has 10 N–H and O–H groups in total. The highest BCUT2D eigenvalue weighted by Crippen LogP contribution is 2.05. The van der Waals surface area contributed by atoms with Gasteiger partial charge in [0.1, 0.15) is 51.6 Å². The smallest absolute Gasteiger partial charge is 0.332 e. The first-order chi connectivity index (χ1) is 25.7. The van der Waals surface area contributed by atoms with Crippen molar-refractivity contribution in [2.45, 2.75) is 0 Å². The summed E-state index contributed by atoms with van der Waals surface area (Å²) in [6, 6.07) is 0. The number of H-pyrrole nitrogens is 3. The van der Waals surface area contributed by atoms with Crippen LogP contribution in [0.3, 0.4) is 0 Å². The second kappa shape index (κ2) is 18.9. The largest absolute Gasteiger partial charge is 0.508 e. The third kappa shape index (κ3) is 11.7. The van der Waals surface area contributed by atoms with Crippen molar-refractivity contribution in [2.24, 2.45) is 14.1 Å². The van der Waals surface area contributed by atoms with E-state index in [4.69, 9.17) is 17.2 Å². The van der Waals surface area contributed by atoms with Crippen molar-refractivity contribution in [2.75, 3.05) is 44.1 Å². The minimum Gasteiger partial charge on any atom is -0.508 e. The summed E-state index contributed by atoms with van der Waals surface area (Å²) in [7, 11) is 3.60. The third-order valence-corrected chi connectivity index (χ3v) is 6.48. The lowest BCUT2D eigenvalue weighted by atomic mass is 10.2. The normalized spacial score (nSPS) is 11.3. The van der Waals surface area contributed by atoms with Gasteiger partial charge in [-0.2, -0.15) is 0 Å². The molecule has 3 aromatic rings. The van der Waals surface area contributed by atoms with Gasteiger partial charge in [-0.3, -0.25) is 43.1 Å². The van der Waals surface area contributed by atoms with Gasteiger partial charge in [-0.05, 0) is 0 Å². The summed E-state index contributed by atoms with van der Waals surface area (Å²) in [5.74, 6) is -7.77. The van der Waals surface area contributed by atoms with Gasteiger partial charge in [0.25, 0.3) is 16.7 Å². The number of hydrogen-bond donors (Lipinski definition) is 7. The number of nitrogens with one attached hydrogen (secondary N) is 3. The van der Waals surface area contributed by atoms with E-state index in [1.165, 1.54) is 14.1 Å². The number of nitrogens with two attached hydrogens (primary N) is 3. The standard InChI is InChI=1S/C17H16N6O9.C13H15N3O7/c1-6-20-13(18)11(15(28)21-6)7(24)4-31-9(26)2-3-10(27)32-5-8(25)12-14(19)22-17(30)23-16(12)29;1-15-11(14)10(12(20)16(2)13(15)21)7(17)6-23-9(19)5-4-8(18)22-3/h2-3,24H,1,4-5H2,(H2,18,20)(H,21,28)(H4,19,22,23,29,30);4-5H,6,14H2,1-3H3/b3-2+,11-7?;5-4+. The summed E-state index contributed by atoms with van der Waals surface area (Å²) in [6.45, 7) is 0.922. The molecule has 0 unspecified atom stereocenters. The molecule has 3 heterocycles. The number of aliphatic hydroxyl groups is 1. The number of nitrogens with zero attached hydrogens (tertiary/aromatic N) is 3. The molecule has 0 radical (unpaired) electrons. The molecular formula is C30H31N9O16. The van der Waals surface area contributed by atoms with E-state index in [0.29, 0.717) is 16.7 Å². The van der Waals surface area contributed by atoms with Crippen molar-refractivity contribution in [3.8, 4) is 0 Å². The predicted octanol–water partition coefficient (Wildman–Crippen LogP) is -5.97. The van der Waals surface area contributed by atoms with Crippen LogP contribution < -0.4 is 56.0 Å². The van der Waals surface area contributed by atoms with Crippen LogP contribution in [0.15, 0.2) is 48.3 Å². The molecule has 0 aromatic carbocycles. The minimum absolute atomic E-state index is 0.0335. The Kier molecular flexibility index (Phi) is 14.8. The Morgan fingerprint density at radius 3 is 1.71 bits per heavy atom. The number of carbonyl (C=O) groups is 6. The quantitative estimate of drug-likeness (QED) is 0.0390. The number of Topliss-reactive ketones (excluding diaryl/α,β-unsaturated/α-hetero) is 2. The first-order valence-electron chi connectivity index (χ1n) is 14.6. The van der Waals surface area contributed by atoms with E-state index in [2.05, 4.69) is 35.5 Å². The van der Waals surface area contributed by atoms with Gasteiger partial charge in [-0.25, -0.2) is 33.8 Å². The van der Waals surface area contributed by atoms with Crippen molar-refractivity contribution >= 4 is 65.2 Å². The molecule has 25 nitrogen and oxygen atoms in total. The van der Waals surface area contributed by atoms with Gasteiger partial charge < -0.3 is 46.2 Å². The molecule has 292 valence electrons. The Hall–Kier alpha value is -8.12. The zero-order chi connectivity index (χ0) is 41.7. The number of carbonyl (C=O) groups excluding carboxylic acids is 6. The molecule has 0 spiro atoms. The molecule has 0 aliphatic heterocycles. The van der Waals surface area contributed by atoms with Gasteiger partial charge in [-0.15, -0.1) is 0 Å². The minimum atomic E-state index is -1.15. The molecule has 0 saturated heterocycles. The van der Waals surface area contributed by atoms with Gasteiger partial charge in [0.05, 0.1) is 7.11 Å². The van der Waals surface area contributed by atoms with Crippen LogP contribution in [0.25, 0.3) is 12.3 Å².